The van der Waals surface area contributed by atoms with Crippen molar-refractivity contribution in [3.05, 3.63) is 28.4 Å². The van der Waals surface area contributed by atoms with Gasteiger partial charge in [0.05, 0.1) is 21.0 Å². The highest BCUT2D eigenvalue weighted by molar-refractivity contribution is 7.85. The van der Waals surface area contributed by atoms with Crippen molar-refractivity contribution in [1.82, 2.24) is 9.88 Å². The van der Waals surface area contributed by atoms with Gasteiger partial charge in [-0.05, 0) is 33.3 Å². The average Bonchev–Trinajstić information content (AvgIpc) is 2.94. The Morgan fingerprint density at radius 1 is 1.52 bits per heavy atom. The van der Waals surface area contributed by atoms with Crippen LogP contribution in [0.1, 0.15) is 27.2 Å². The van der Waals surface area contributed by atoms with E-state index in [0.29, 0.717) is 13.0 Å². The van der Waals surface area contributed by atoms with Crippen LogP contribution in [0.25, 0.3) is 0 Å². The Morgan fingerprint density at radius 2 is 2.22 bits per heavy atom. The number of aromatic nitrogens is 1. The van der Waals surface area contributed by atoms with Crippen LogP contribution in [-0.2, 0) is 15.5 Å². The van der Waals surface area contributed by atoms with Gasteiger partial charge in [0.25, 0.3) is 0 Å². The molecule has 0 saturated carbocycles. The highest BCUT2D eigenvalue weighted by Crippen LogP contribution is 2.26. The third kappa shape index (κ3) is 4.25. The van der Waals surface area contributed by atoms with E-state index < -0.39 is 32.7 Å². The Morgan fingerprint density at radius 3 is 2.83 bits per heavy atom. The van der Waals surface area contributed by atoms with Gasteiger partial charge in [0, 0.05) is 25.4 Å². The van der Waals surface area contributed by atoms with Gasteiger partial charge in [-0.15, -0.1) is 0 Å². The van der Waals surface area contributed by atoms with Gasteiger partial charge in [-0.1, -0.05) is 0 Å². The first-order chi connectivity index (χ1) is 10.7. The van der Waals surface area contributed by atoms with Crippen LogP contribution in [0.5, 0.6) is 0 Å². The summed E-state index contributed by atoms with van der Waals surface area (Å²) in [5.74, 6) is 0. The molecule has 0 radical (unpaired) electrons. The minimum absolute atomic E-state index is 0.0476. The summed E-state index contributed by atoms with van der Waals surface area (Å²) >= 11 is 0. The molecule has 0 N–H and O–H groups in total. The van der Waals surface area contributed by atoms with Crippen molar-refractivity contribution < 1.29 is 18.7 Å². The van der Waals surface area contributed by atoms with Gasteiger partial charge in [0.2, 0.25) is 5.03 Å². The number of nitro groups is 1. The molecule has 1 aliphatic rings. The lowest BCUT2D eigenvalue weighted by Crippen LogP contribution is -2.36. The molecule has 9 heteroatoms. The van der Waals surface area contributed by atoms with Crippen molar-refractivity contribution in [1.29, 1.82) is 0 Å². The lowest BCUT2D eigenvalue weighted by molar-refractivity contribution is -0.388. The fourth-order valence-electron chi connectivity index (χ4n) is 2.23. The van der Waals surface area contributed by atoms with E-state index in [1.165, 1.54) is 23.2 Å². The molecule has 8 nitrogen and oxygen atoms in total. The smallest absolute Gasteiger partial charge is 0.410 e. The molecule has 1 aliphatic heterocycles. The highest BCUT2D eigenvalue weighted by atomic mass is 32.2. The second kappa shape index (κ2) is 6.61. The summed E-state index contributed by atoms with van der Waals surface area (Å²) in [7, 11) is -1.65. The van der Waals surface area contributed by atoms with Gasteiger partial charge in [0.15, 0.2) is 0 Å². The zero-order valence-electron chi connectivity index (χ0n) is 13.2. The Balaban J connectivity index is 2.09. The average molecular weight is 341 g/mol. The summed E-state index contributed by atoms with van der Waals surface area (Å²) in [5, 5.41) is 10.6. The minimum atomic E-state index is -1.65. The second-order valence-corrected chi connectivity index (χ2v) is 7.87. The third-order valence-corrected chi connectivity index (χ3v) is 4.92. The lowest BCUT2D eigenvalue weighted by atomic mass is 10.2. The summed E-state index contributed by atoms with van der Waals surface area (Å²) in [4.78, 5) is 27.8. The fourth-order valence-corrected chi connectivity index (χ4v) is 3.69. The Bertz CT molecular complexity index is 644. The zero-order valence-corrected chi connectivity index (χ0v) is 14.0. The number of amides is 1. The molecular weight excluding hydrogens is 322 g/mol. The molecule has 0 bridgehead atoms. The summed E-state index contributed by atoms with van der Waals surface area (Å²) in [6.45, 7) is 5.96. The van der Waals surface area contributed by atoms with Crippen molar-refractivity contribution in [3.8, 4) is 0 Å². The van der Waals surface area contributed by atoms with Crippen molar-refractivity contribution >= 4 is 22.6 Å². The Kier molecular flexibility index (Phi) is 4.98. The number of rotatable bonds is 3. The Labute approximate surface area is 136 Å². The molecule has 0 aliphatic carbocycles. The molecule has 1 aromatic heterocycles. The van der Waals surface area contributed by atoms with Crippen LogP contribution in [0.2, 0.25) is 0 Å². The molecule has 126 valence electrons. The van der Waals surface area contributed by atoms with E-state index in [0.717, 1.165) is 0 Å². The molecule has 0 spiro atoms. The van der Waals surface area contributed by atoms with Crippen molar-refractivity contribution in [2.45, 2.75) is 43.1 Å². The molecule has 0 unspecified atom stereocenters. The van der Waals surface area contributed by atoms with Gasteiger partial charge in [-0.25, -0.2) is 9.78 Å². The van der Waals surface area contributed by atoms with E-state index in [1.807, 2.05) is 0 Å². The second-order valence-electron chi connectivity index (χ2n) is 6.22. The van der Waals surface area contributed by atoms with Crippen LogP contribution in [-0.4, -0.2) is 49.0 Å². The van der Waals surface area contributed by atoms with Crippen LogP contribution >= 0.6 is 0 Å². The zero-order chi connectivity index (χ0) is 17.2. The van der Waals surface area contributed by atoms with Crippen molar-refractivity contribution in [3.63, 3.8) is 0 Å². The largest absolute Gasteiger partial charge is 0.444 e. The number of hydrogen-bond acceptors (Lipinski definition) is 6. The van der Waals surface area contributed by atoms with Crippen LogP contribution in [0.15, 0.2) is 23.4 Å². The minimum Gasteiger partial charge on any atom is -0.444 e. The van der Waals surface area contributed by atoms with Gasteiger partial charge in [0.1, 0.15) is 5.60 Å². The molecule has 1 fully saturated rings. The monoisotopic (exact) mass is 341 g/mol. The topological polar surface area (TPSA) is 103 Å². The molecule has 0 aromatic carbocycles. The number of pyridine rings is 1. The maximum absolute atomic E-state index is 12.6. The molecule has 23 heavy (non-hydrogen) atoms. The number of carbonyl (C=O) groups excluding carboxylic acids is 1. The maximum Gasteiger partial charge on any atom is 0.410 e. The number of ether oxygens (including phenoxy) is 1. The van der Waals surface area contributed by atoms with E-state index in [9.17, 15) is 19.1 Å². The van der Waals surface area contributed by atoms with Crippen LogP contribution in [0.4, 0.5) is 10.5 Å². The first kappa shape index (κ1) is 17.3. The number of carbonyl (C=O) groups is 1. The lowest BCUT2D eigenvalue weighted by Gasteiger charge is -2.24. The number of hydrogen-bond donors (Lipinski definition) is 0. The summed E-state index contributed by atoms with van der Waals surface area (Å²) in [5.41, 5.74) is -0.866. The summed E-state index contributed by atoms with van der Waals surface area (Å²) in [6.07, 6.45) is 1.40. The first-order valence-corrected chi connectivity index (χ1v) is 8.38. The summed E-state index contributed by atoms with van der Waals surface area (Å²) < 4.78 is 17.9. The summed E-state index contributed by atoms with van der Waals surface area (Å²) in [6, 6.07) is 2.71. The van der Waals surface area contributed by atoms with Gasteiger partial charge in [-0.2, -0.15) is 0 Å². The van der Waals surface area contributed by atoms with E-state index in [4.69, 9.17) is 4.74 Å². The van der Waals surface area contributed by atoms with Crippen LogP contribution < -0.4 is 0 Å². The third-order valence-electron chi connectivity index (χ3n) is 3.24. The molecular formula is C14H19N3O5S. The molecule has 2 rings (SSSR count). The SMILES string of the molecule is CC(C)(C)OC(=O)N1CC[C@@H]([S@](=O)c2ncccc2[N+](=O)[O-])C1. The number of likely N-dealkylation sites (tertiary alicyclic amines) is 1. The van der Waals surface area contributed by atoms with E-state index in [2.05, 4.69) is 4.98 Å². The molecule has 1 saturated heterocycles. The number of nitrogens with zero attached hydrogens (tertiary/aromatic N) is 3. The predicted molar refractivity (Wildman–Crippen MR) is 83.5 cm³/mol. The van der Waals surface area contributed by atoms with E-state index >= 15 is 0 Å². The fraction of sp³-hybridized carbons (Fsp3) is 0.571. The molecule has 2 heterocycles. The Hall–Kier alpha value is -2.03. The highest BCUT2D eigenvalue weighted by Gasteiger charge is 2.35. The van der Waals surface area contributed by atoms with Crippen LogP contribution in [0.3, 0.4) is 0 Å². The standard InChI is InChI=1S/C14H19N3O5S/c1-14(2,3)22-13(18)16-8-6-10(9-16)23(21)12-11(17(19)20)5-4-7-15-12/h4-5,7,10H,6,8-9H2,1-3H3/t10-,23+/m1/s1. The first-order valence-electron chi connectivity index (χ1n) is 7.17. The van der Waals surface area contributed by atoms with Crippen molar-refractivity contribution in [2.75, 3.05) is 13.1 Å². The molecule has 1 aromatic rings. The van der Waals surface area contributed by atoms with Crippen molar-refractivity contribution in [2.24, 2.45) is 0 Å². The van der Waals surface area contributed by atoms with Gasteiger partial charge >= 0.3 is 11.8 Å². The van der Waals surface area contributed by atoms with Gasteiger partial charge < -0.3 is 9.64 Å². The van der Waals surface area contributed by atoms with E-state index in [-0.39, 0.29) is 17.3 Å². The van der Waals surface area contributed by atoms with Crippen LogP contribution in [0, 0.1) is 10.1 Å². The maximum atomic E-state index is 12.6. The molecule has 2 atom stereocenters. The van der Waals surface area contributed by atoms with E-state index in [1.54, 1.807) is 20.8 Å². The molecule has 1 amide bonds. The van der Waals surface area contributed by atoms with Gasteiger partial charge in [-0.3, -0.25) is 14.3 Å². The quantitative estimate of drug-likeness (QED) is 0.616. The predicted octanol–water partition coefficient (Wildman–Crippen LogP) is 2.11. The normalized spacial score (nSPS) is 19.4.